The smallest absolute Gasteiger partial charge is 0.174 e. The number of carbonyl (C=O) groups excluding carboxylic acids is 2. The molecule has 58 heavy (non-hydrogen) atoms. The maximum absolute atomic E-state index is 12.7. The fraction of sp³-hybridized carbons (Fsp3) is 0.0930. The summed E-state index contributed by atoms with van der Waals surface area (Å²) in [4.78, 5) is 25.4. The Morgan fingerprint density at radius 1 is 0.483 bits per heavy atom. The maximum Gasteiger partial charge on any atom is 0.174 e. The Morgan fingerprint density at radius 3 is 1.03 bits per heavy atom. The Kier molecular flexibility index (Phi) is 18.5. The Labute approximate surface area is 345 Å². The van der Waals surface area contributed by atoms with E-state index in [0.29, 0.717) is 6.42 Å². The van der Waals surface area contributed by atoms with E-state index < -0.39 is 79.6 Å². The van der Waals surface area contributed by atoms with Gasteiger partial charge < -0.3 is 0 Å². The van der Waals surface area contributed by atoms with E-state index in [1.54, 1.807) is 13.8 Å². The van der Waals surface area contributed by atoms with Crippen LogP contribution in [0.3, 0.4) is 0 Å². The first kappa shape index (κ1) is 47.7. The summed E-state index contributed by atoms with van der Waals surface area (Å²) in [5.74, 6) is -20.9. The summed E-state index contributed by atoms with van der Waals surface area (Å²) in [5.41, 5.74) is 0. The van der Waals surface area contributed by atoms with Gasteiger partial charge in [0.2, 0.25) is 0 Å². The molecular formula is C43H29AuF10O2P2-. The quantitative estimate of drug-likeness (QED) is 0.0275. The van der Waals surface area contributed by atoms with Crippen molar-refractivity contribution in [3.05, 3.63) is 192 Å². The van der Waals surface area contributed by atoms with Gasteiger partial charge in [0, 0.05) is 36.7 Å². The van der Waals surface area contributed by atoms with E-state index in [1.807, 2.05) is 24.3 Å². The van der Waals surface area contributed by atoms with Gasteiger partial charge in [0.25, 0.3) is 0 Å². The topological polar surface area (TPSA) is 34.1 Å². The second-order valence-corrected chi connectivity index (χ2v) is 16.6. The third-order valence-corrected chi connectivity index (χ3v) is 13.8. The number of ketones is 2. The van der Waals surface area contributed by atoms with Gasteiger partial charge in [-0.1, -0.05) is 97.1 Å². The van der Waals surface area contributed by atoms with Gasteiger partial charge in [0.15, 0.2) is 18.2 Å². The molecule has 0 saturated carbocycles. The van der Waals surface area contributed by atoms with Crippen molar-refractivity contribution >= 4 is 53.3 Å². The van der Waals surface area contributed by atoms with Crippen molar-refractivity contribution in [2.45, 2.75) is 20.3 Å². The monoisotopic (exact) mass is 1030 g/mol. The van der Waals surface area contributed by atoms with Crippen LogP contribution in [-0.2, 0) is 32.0 Å². The number of benzene rings is 6. The number of rotatable bonds is 9. The molecule has 0 atom stereocenters. The van der Waals surface area contributed by atoms with Crippen LogP contribution >= 0.6 is 15.5 Å². The first-order valence-electron chi connectivity index (χ1n) is 16.6. The van der Waals surface area contributed by atoms with E-state index >= 15 is 0 Å². The van der Waals surface area contributed by atoms with Crippen LogP contribution < -0.4 is 21.2 Å². The molecule has 6 aromatic carbocycles. The zero-order valence-corrected chi connectivity index (χ0v) is 34.1. The Bertz CT molecular complexity index is 2140. The molecule has 0 aliphatic rings. The molecule has 0 heterocycles. The van der Waals surface area contributed by atoms with Crippen LogP contribution in [0.15, 0.2) is 121 Å². The first-order valence-corrected chi connectivity index (χ1v) is 19.3. The fourth-order valence-electron chi connectivity index (χ4n) is 5.23. The summed E-state index contributed by atoms with van der Waals surface area (Å²) in [6, 6.07) is 44.2. The number of carbonyl (C=O) groups is 2. The van der Waals surface area contributed by atoms with Gasteiger partial charge in [-0.15, -0.1) is 12.1 Å². The van der Waals surface area contributed by atoms with E-state index in [-0.39, 0.29) is 33.9 Å². The van der Waals surface area contributed by atoms with Crippen molar-refractivity contribution in [2.75, 3.05) is 0 Å². The third kappa shape index (κ3) is 12.2. The molecule has 0 amide bonds. The molecule has 0 aliphatic carbocycles. The molecule has 6 aromatic rings. The summed E-state index contributed by atoms with van der Waals surface area (Å²) in [6.07, 6.45) is 0.454. The molecule has 0 N–H and O–H groups in total. The molecule has 6 rings (SSSR count). The second kappa shape index (κ2) is 22.5. The standard InChI is InChI=1S/C31H29O2P2.2C6F5.Au/c1-24(32)30(25(2)33)23-31(34(26-15-7-3-8-16-26)27-17-9-4-10-18-27)35(28-19-11-5-12-20-28)29-21-13-6-14-22-29;2*7-2-1-3(8)5(10)6(11)4(2)9;/h3-22,30H,23H2,1-2H3;;;/q+1;2*-1;. The van der Waals surface area contributed by atoms with Crippen LogP contribution in [-0.4, -0.2) is 16.6 Å². The van der Waals surface area contributed by atoms with Gasteiger partial charge in [-0.2, -0.15) is 0 Å². The minimum atomic E-state index is -2.17. The third-order valence-electron chi connectivity index (χ3n) is 7.92. The predicted octanol–water partition coefficient (Wildman–Crippen LogP) is 9.93. The molecular weight excluding hydrogens is 997 g/mol. The summed E-state index contributed by atoms with van der Waals surface area (Å²) in [5, 5.41) is 6.20. The zero-order chi connectivity index (χ0) is 41.8. The minimum absolute atomic E-state index is 0. The molecule has 0 fully saturated rings. The fourth-order valence-corrected chi connectivity index (χ4v) is 11.8. The van der Waals surface area contributed by atoms with Gasteiger partial charge in [-0.05, 0) is 48.7 Å². The van der Waals surface area contributed by atoms with E-state index in [9.17, 15) is 53.5 Å². The van der Waals surface area contributed by atoms with E-state index in [4.69, 9.17) is 0 Å². The average molecular weight is 1030 g/mol. The molecule has 15 heteroatoms. The number of Topliss-reactive ketones (excluding diaryl/α,β-unsaturated/α-hetero) is 2. The van der Waals surface area contributed by atoms with Crippen LogP contribution in [0.1, 0.15) is 20.3 Å². The first-order chi connectivity index (χ1) is 27.1. The summed E-state index contributed by atoms with van der Waals surface area (Å²) >= 11 is 0. The van der Waals surface area contributed by atoms with Crippen LogP contribution in [0.25, 0.3) is 0 Å². The van der Waals surface area contributed by atoms with E-state index in [1.165, 1.54) is 26.3 Å². The SMILES string of the molecule is CC(=O)C(CC(P(c1ccccc1)c1ccccc1)=[P+](c1ccccc1)c1ccccc1)C(C)=O.Fc1[c-]c(F)c(F)c(F)c1F.Fc1[c-]c(F)c(F)c(F)c1F.[Au]. The summed E-state index contributed by atoms with van der Waals surface area (Å²) < 4.78 is 120. The normalized spacial score (nSPS) is 10.4. The van der Waals surface area contributed by atoms with Crippen molar-refractivity contribution in [3.8, 4) is 0 Å². The average Bonchev–Trinajstić information content (AvgIpc) is 3.21. The maximum atomic E-state index is 12.7. The Morgan fingerprint density at radius 2 is 0.759 bits per heavy atom. The number of hydrogen-bond acceptors (Lipinski definition) is 2. The van der Waals surface area contributed by atoms with Gasteiger partial charge in [0.1, 0.15) is 16.6 Å². The van der Waals surface area contributed by atoms with Crippen molar-refractivity contribution in [1.29, 1.82) is 0 Å². The van der Waals surface area contributed by atoms with Crippen LogP contribution in [0.4, 0.5) is 43.9 Å². The molecule has 0 aromatic heterocycles. The number of halogens is 10. The molecule has 2 nitrogen and oxygen atoms in total. The van der Waals surface area contributed by atoms with Gasteiger partial charge in [-0.3, -0.25) is 27.2 Å². The van der Waals surface area contributed by atoms with Crippen molar-refractivity contribution in [1.82, 2.24) is 0 Å². The molecule has 1 radical (unpaired) electrons. The van der Waals surface area contributed by atoms with Gasteiger partial charge in [-0.25, -0.2) is 26.3 Å². The van der Waals surface area contributed by atoms with E-state index in [0.717, 1.165) is 12.1 Å². The van der Waals surface area contributed by atoms with Crippen molar-refractivity contribution < 1.29 is 75.9 Å². The Balaban J connectivity index is 0.000000318. The number of hydrogen-bond donors (Lipinski definition) is 0. The zero-order valence-electron chi connectivity index (χ0n) is 30.1. The summed E-state index contributed by atoms with van der Waals surface area (Å²) in [7, 11) is -1.88. The minimum Gasteiger partial charge on any atom is -0.299 e. The van der Waals surface area contributed by atoms with Crippen LogP contribution in [0.2, 0.25) is 0 Å². The van der Waals surface area contributed by atoms with Crippen molar-refractivity contribution in [3.63, 3.8) is 0 Å². The second-order valence-electron chi connectivity index (χ2n) is 11.8. The summed E-state index contributed by atoms with van der Waals surface area (Å²) in [6.45, 7) is 3.09. The van der Waals surface area contributed by atoms with Gasteiger partial charge >= 0.3 is 0 Å². The molecule has 0 bridgehead atoms. The largest absolute Gasteiger partial charge is 0.299 e. The van der Waals surface area contributed by atoms with Gasteiger partial charge in [0.05, 0.1) is 64.1 Å². The molecule has 0 saturated heterocycles. The molecule has 0 aliphatic heterocycles. The Hall–Kier alpha value is -4.70. The van der Waals surface area contributed by atoms with E-state index in [2.05, 4.69) is 97.1 Å². The van der Waals surface area contributed by atoms with Crippen LogP contribution in [0.5, 0.6) is 0 Å². The molecule has 305 valence electrons. The molecule has 0 spiro atoms. The molecule has 0 unspecified atom stereocenters. The predicted molar refractivity (Wildman–Crippen MR) is 203 cm³/mol. The van der Waals surface area contributed by atoms with Crippen molar-refractivity contribution in [2.24, 2.45) is 5.92 Å². The van der Waals surface area contributed by atoms with Crippen LogP contribution in [0, 0.1) is 76.2 Å².